The van der Waals surface area contributed by atoms with Crippen LogP contribution in [0.3, 0.4) is 0 Å². The first-order valence-corrected chi connectivity index (χ1v) is 6.84. The second kappa shape index (κ2) is 6.75. The van der Waals surface area contributed by atoms with Crippen molar-refractivity contribution in [2.75, 3.05) is 5.75 Å². The molecular formula is C15H14N2OS. The lowest BCUT2D eigenvalue weighted by molar-refractivity contribution is 0.977. The molecule has 0 bridgehead atoms. The summed E-state index contributed by atoms with van der Waals surface area (Å²) >= 11 is 1.74. The van der Waals surface area contributed by atoms with E-state index in [9.17, 15) is 4.79 Å². The van der Waals surface area contributed by atoms with Crippen LogP contribution in [0.5, 0.6) is 0 Å². The number of H-pyrrole nitrogens is 1. The van der Waals surface area contributed by atoms with Gasteiger partial charge in [0.05, 0.1) is 5.69 Å². The molecule has 0 saturated heterocycles. The van der Waals surface area contributed by atoms with Crippen LogP contribution in [0.2, 0.25) is 0 Å². The lowest BCUT2D eigenvalue weighted by Crippen LogP contribution is -2.05. The average molecular weight is 270 g/mol. The Morgan fingerprint density at radius 2 is 2.05 bits per heavy atom. The molecule has 1 N–H and O–H groups in total. The maximum Gasteiger partial charge on any atom is 0.264 e. The standard InChI is InChI=1S/C15H14N2OS/c1-2-11-19-14-6-4-3-5-12(14)7-8-13-9-10-15(18)17-16-13/h2-10H,1,11H2,(H,17,18)/b8-7+. The molecule has 0 fully saturated rings. The summed E-state index contributed by atoms with van der Waals surface area (Å²) in [6.45, 7) is 3.72. The van der Waals surface area contributed by atoms with Crippen molar-refractivity contribution >= 4 is 23.9 Å². The predicted octanol–water partition coefficient (Wildman–Crippen LogP) is 3.22. The first-order chi connectivity index (χ1) is 9.29. The van der Waals surface area contributed by atoms with Crippen molar-refractivity contribution in [3.05, 3.63) is 70.7 Å². The Labute approximate surface area is 116 Å². The number of thioether (sulfide) groups is 1. The van der Waals surface area contributed by atoms with E-state index in [0.717, 1.165) is 17.0 Å². The molecule has 3 nitrogen and oxygen atoms in total. The quantitative estimate of drug-likeness (QED) is 0.670. The molecule has 2 aromatic rings. The van der Waals surface area contributed by atoms with E-state index in [1.807, 2.05) is 36.4 Å². The minimum Gasteiger partial charge on any atom is -0.268 e. The summed E-state index contributed by atoms with van der Waals surface area (Å²) in [5.41, 5.74) is 1.66. The van der Waals surface area contributed by atoms with Crippen LogP contribution in [0.4, 0.5) is 0 Å². The average Bonchev–Trinajstić information content (AvgIpc) is 2.45. The van der Waals surface area contributed by atoms with Gasteiger partial charge < -0.3 is 0 Å². The van der Waals surface area contributed by atoms with Gasteiger partial charge in [0, 0.05) is 16.7 Å². The largest absolute Gasteiger partial charge is 0.268 e. The van der Waals surface area contributed by atoms with E-state index in [2.05, 4.69) is 22.8 Å². The van der Waals surface area contributed by atoms with Gasteiger partial charge in [-0.3, -0.25) is 4.79 Å². The molecule has 4 heteroatoms. The molecular weight excluding hydrogens is 256 g/mol. The van der Waals surface area contributed by atoms with Crippen molar-refractivity contribution in [1.29, 1.82) is 0 Å². The van der Waals surface area contributed by atoms with Crippen LogP contribution in [-0.4, -0.2) is 16.0 Å². The highest BCUT2D eigenvalue weighted by molar-refractivity contribution is 7.99. The SMILES string of the molecule is C=CCSc1ccccc1/C=C/c1ccc(=O)[nH]n1. The molecule has 0 radical (unpaired) electrons. The van der Waals surface area contributed by atoms with Gasteiger partial charge in [-0.2, -0.15) is 5.10 Å². The van der Waals surface area contributed by atoms with Crippen LogP contribution in [-0.2, 0) is 0 Å². The monoisotopic (exact) mass is 270 g/mol. The molecule has 19 heavy (non-hydrogen) atoms. The number of benzene rings is 1. The fraction of sp³-hybridized carbons (Fsp3) is 0.0667. The Hall–Kier alpha value is -2.07. The minimum absolute atomic E-state index is 0.195. The lowest BCUT2D eigenvalue weighted by atomic mass is 10.2. The third-order valence-corrected chi connectivity index (χ3v) is 3.50. The molecule has 0 amide bonds. The smallest absolute Gasteiger partial charge is 0.264 e. The van der Waals surface area contributed by atoms with Gasteiger partial charge >= 0.3 is 0 Å². The highest BCUT2D eigenvalue weighted by atomic mass is 32.2. The van der Waals surface area contributed by atoms with Crippen LogP contribution in [0, 0.1) is 0 Å². The van der Waals surface area contributed by atoms with E-state index in [-0.39, 0.29) is 5.56 Å². The second-order valence-electron chi connectivity index (χ2n) is 3.82. The molecule has 0 saturated carbocycles. The highest BCUT2D eigenvalue weighted by Crippen LogP contribution is 2.24. The molecule has 1 aromatic heterocycles. The molecule has 1 aromatic carbocycles. The number of hydrogen-bond donors (Lipinski definition) is 1. The maximum absolute atomic E-state index is 10.9. The Kier molecular flexibility index (Phi) is 4.75. The highest BCUT2D eigenvalue weighted by Gasteiger charge is 1.98. The number of aromatic nitrogens is 2. The van der Waals surface area contributed by atoms with Gasteiger partial charge in [0.25, 0.3) is 5.56 Å². The van der Waals surface area contributed by atoms with Gasteiger partial charge in [0.2, 0.25) is 0 Å². The van der Waals surface area contributed by atoms with E-state index < -0.39 is 0 Å². The van der Waals surface area contributed by atoms with Crippen LogP contribution < -0.4 is 5.56 Å². The normalized spacial score (nSPS) is 10.7. The molecule has 2 rings (SSSR count). The zero-order valence-electron chi connectivity index (χ0n) is 10.4. The van der Waals surface area contributed by atoms with E-state index in [1.165, 1.54) is 11.0 Å². The number of hydrogen-bond acceptors (Lipinski definition) is 3. The van der Waals surface area contributed by atoms with Gasteiger partial charge in [0.1, 0.15) is 0 Å². The topological polar surface area (TPSA) is 45.8 Å². The maximum atomic E-state index is 10.9. The molecule has 0 aliphatic heterocycles. The molecule has 0 atom stereocenters. The molecule has 0 spiro atoms. The second-order valence-corrected chi connectivity index (χ2v) is 4.88. The van der Waals surface area contributed by atoms with Crippen LogP contribution in [0.25, 0.3) is 12.2 Å². The number of rotatable bonds is 5. The number of aromatic amines is 1. The Balaban J connectivity index is 2.20. The fourth-order valence-corrected chi connectivity index (χ4v) is 2.30. The molecule has 0 aliphatic carbocycles. The van der Waals surface area contributed by atoms with Gasteiger partial charge in [-0.15, -0.1) is 18.3 Å². The molecule has 0 aliphatic rings. The molecule has 1 heterocycles. The van der Waals surface area contributed by atoms with Gasteiger partial charge in [-0.25, -0.2) is 5.10 Å². The van der Waals surface area contributed by atoms with Crippen molar-refractivity contribution in [3.8, 4) is 0 Å². The van der Waals surface area contributed by atoms with Crippen LogP contribution >= 0.6 is 11.8 Å². The van der Waals surface area contributed by atoms with E-state index in [4.69, 9.17) is 0 Å². The summed E-state index contributed by atoms with van der Waals surface area (Å²) < 4.78 is 0. The third kappa shape index (κ3) is 3.96. The van der Waals surface area contributed by atoms with Crippen LogP contribution in [0.15, 0.2) is 58.7 Å². The minimum atomic E-state index is -0.195. The summed E-state index contributed by atoms with van der Waals surface area (Å²) in [4.78, 5) is 12.1. The Morgan fingerprint density at radius 3 is 2.79 bits per heavy atom. The molecule has 96 valence electrons. The van der Waals surface area contributed by atoms with Crippen molar-refractivity contribution < 1.29 is 0 Å². The van der Waals surface area contributed by atoms with Crippen molar-refractivity contribution in [2.24, 2.45) is 0 Å². The lowest BCUT2D eigenvalue weighted by Gasteiger charge is -2.03. The summed E-state index contributed by atoms with van der Waals surface area (Å²) in [5, 5.41) is 6.35. The van der Waals surface area contributed by atoms with Gasteiger partial charge in [0.15, 0.2) is 0 Å². The summed E-state index contributed by atoms with van der Waals surface area (Å²) in [6.07, 6.45) is 5.75. The zero-order chi connectivity index (χ0) is 13.5. The number of nitrogens with one attached hydrogen (secondary N) is 1. The van der Waals surface area contributed by atoms with E-state index in [1.54, 1.807) is 17.8 Å². The predicted molar refractivity (Wildman–Crippen MR) is 81.1 cm³/mol. The Bertz CT molecular complexity index is 626. The van der Waals surface area contributed by atoms with Gasteiger partial charge in [-0.05, 0) is 23.8 Å². The van der Waals surface area contributed by atoms with Crippen molar-refractivity contribution in [2.45, 2.75) is 4.90 Å². The number of nitrogens with zero attached hydrogens (tertiary/aromatic N) is 1. The van der Waals surface area contributed by atoms with Crippen molar-refractivity contribution in [3.63, 3.8) is 0 Å². The Morgan fingerprint density at radius 1 is 1.21 bits per heavy atom. The van der Waals surface area contributed by atoms with Crippen molar-refractivity contribution in [1.82, 2.24) is 10.2 Å². The summed E-state index contributed by atoms with van der Waals surface area (Å²) in [7, 11) is 0. The summed E-state index contributed by atoms with van der Waals surface area (Å²) in [6, 6.07) is 11.3. The first-order valence-electron chi connectivity index (χ1n) is 5.86. The zero-order valence-corrected chi connectivity index (χ0v) is 11.2. The third-order valence-electron chi connectivity index (χ3n) is 2.41. The molecule has 0 unspecified atom stereocenters. The fourth-order valence-electron chi connectivity index (χ4n) is 1.52. The first kappa shape index (κ1) is 13.4. The summed E-state index contributed by atoms with van der Waals surface area (Å²) in [5.74, 6) is 0.877. The van der Waals surface area contributed by atoms with E-state index in [0.29, 0.717) is 0 Å². The van der Waals surface area contributed by atoms with Crippen LogP contribution in [0.1, 0.15) is 11.3 Å². The van der Waals surface area contributed by atoms with E-state index >= 15 is 0 Å². The van der Waals surface area contributed by atoms with Gasteiger partial charge in [-0.1, -0.05) is 30.4 Å².